The first kappa shape index (κ1) is 14.6. The van der Waals surface area contributed by atoms with Crippen LogP contribution in [0.25, 0.3) is 0 Å². The minimum Gasteiger partial charge on any atom is -0.486 e. The highest BCUT2D eigenvalue weighted by atomic mass is 32.2. The second-order valence-corrected chi connectivity index (χ2v) is 7.34. The molecule has 7 heteroatoms. The third kappa shape index (κ3) is 2.86. The molecule has 1 fully saturated rings. The van der Waals surface area contributed by atoms with Crippen molar-refractivity contribution < 1.29 is 17.9 Å². The minimum absolute atomic E-state index is 0.264. The smallest absolute Gasteiger partial charge is 0.243 e. The maximum atomic E-state index is 12.7. The predicted octanol–water partition coefficient (Wildman–Crippen LogP) is 0.817. The summed E-state index contributed by atoms with van der Waals surface area (Å²) >= 11 is 0. The van der Waals surface area contributed by atoms with Gasteiger partial charge in [0, 0.05) is 19.2 Å². The third-order valence-electron chi connectivity index (χ3n) is 3.97. The largest absolute Gasteiger partial charge is 0.486 e. The summed E-state index contributed by atoms with van der Waals surface area (Å²) < 4.78 is 37.8. The van der Waals surface area contributed by atoms with Crippen molar-refractivity contribution in [1.82, 2.24) is 4.31 Å². The second-order valence-electron chi connectivity index (χ2n) is 5.40. The number of benzene rings is 1. The molecule has 3 rings (SSSR count). The molecule has 0 saturated carbocycles. The molecule has 2 aliphatic heterocycles. The molecule has 1 atom stereocenters. The lowest BCUT2D eigenvalue weighted by Gasteiger charge is -2.21. The topological polar surface area (TPSA) is 81.9 Å². The number of ether oxygens (including phenoxy) is 2. The van der Waals surface area contributed by atoms with Crippen LogP contribution in [0.4, 0.5) is 0 Å². The van der Waals surface area contributed by atoms with Gasteiger partial charge in [-0.1, -0.05) is 0 Å². The zero-order chi connectivity index (χ0) is 14.9. The molecule has 2 aliphatic rings. The monoisotopic (exact) mass is 312 g/mol. The van der Waals surface area contributed by atoms with Crippen LogP contribution >= 0.6 is 0 Å². The molecule has 116 valence electrons. The quantitative estimate of drug-likeness (QED) is 0.890. The number of nitrogens with zero attached hydrogens (tertiary/aromatic N) is 1. The lowest BCUT2D eigenvalue weighted by molar-refractivity contribution is 0.171. The maximum Gasteiger partial charge on any atom is 0.243 e. The van der Waals surface area contributed by atoms with Crippen LogP contribution in [0.1, 0.15) is 12.8 Å². The van der Waals surface area contributed by atoms with Crippen molar-refractivity contribution in [3.05, 3.63) is 18.2 Å². The molecule has 0 bridgehead atoms. The Morgan fingerprint density at radius 3 is 2.76 bits per heavy atom. The number of hydrogen-bond donors (Lipinski definition) is 1. The molecule has 1 aromatic rings. The molecule has 1 aromatic carbocycles. The van der Waals surface area contributed by atoms with Crippen LogP contribution in [0.15, 0.2) is 23.1 Å². The fourth-order valence-electron chi connectivity index (χ4n) is 2.82. The highest BCUT2D eigenvalue weighted by Gasteiger charge is 2.32. The standard InChI is InChI=1S/C14H20N2O4S/c15-5-3-11-4-6-16(10-11)21(17,18)12-1-2-13-14(9-12)20-8-7-19-13/h1-2,9,11H,3-8,10,15H2. The summed E-state index contributed by atoms with van der Waals surface area (Å²) in [4.78, 5) is 0.264. The lowest BCUT2D eigenvalue weighted by Crippen LogP contribution is -2.29. The molecular weight excluding hydrogens is 292 g/mol. The van der Waals surface area contributed by atoms with Crippen LogP contribution in [0.3, 0.4) is 0 Å². The van der Waals surface area contributed by atoms with Crippen molar-refractivity contribution in [2.24, 2.45) is 11.7 Å². The normalized spacial score (nSPS) is 22.4. The van der Waals surface area contributed by atoms with Gasteiger partial charge in [-0.2, -0.15) is 4.31 Å². The van der Waals surface area contributed by atoms with Gasteiger partial charge in [0.15, 0.2) is 11.5 Å². The van der Waals surface area contributed by atoms with Crippen LogP contribution in [0, 0.1) is 5.92 Å². The summed E-state index contributed by atoms with van der Waals surface area (Å²) in [6.45, 7) is 2.64. The van der Waals surface area contributed by atoms with Crippen molar-refractivity contribution in [1.29, 1.82) is 0 Å². The Bertz CT molecular complexity index is 617. The molecule has 0 spiro atoms. The van der Waals surface area contributed by atoms with E-state index in [1.54, 1.807) is 22.5 Å². The SMILES string of the molecule is NCCC1CCN(S(=O)(=O)c2ccc3c(c2)OCCO3)C1. The average molecular weight is 312 g/mol. The highest BCUT2D eigenvalue weighted by molar-refractivity contribution is 7.89. The van der Waals surface area contributed by atoms with Crippen LogP contribution in [-0.2, 0) is 10.0 Å². The molecule has 1 saturated heterocycles. The van der Waals surface area contributed by atoms with Gasteiger partial charge in [-0.15, -0.1) is 0 Å². The van der Waals surface area contributed by atoms with Crippen molar-refractivity contribution in [3.63, 3.8) is 0 Å². The van der Waals surface area contributed by atoms with Gasteiger partial charge in [-0.05, 0) is 37.4 Å². The lowest BCUT2D eigenvalue weighted by atomic mass is 10.1. The average Bonchev–Trinajstić information content (AvgIpc) is 2.96. The Hall–Kier alpha value is -1.31. The van der Waals surface area contributed by atoms with Crippen LogP contribution in [-0.4, -0.2) is 45.6 Å². The minimum atomic E-state index is -3.47. The van der Waals surface area contributed by atoms with Crippen molar-refractivity contribution in [3.8, 4) is 11.5 Å². The molecule has 1 unspecified atom stereocenters. The summed E-state index contributed by atoms with van der Waals surface area (Å²) in [5, 5.41) is 0. The molecule has 21 heavy (non-hydrogen) atoms. The Balaban J connectivity index is 1.82. The van der Waals surface area contributed by atoms with Crippen molar-refractivity contribution in [2.45, 2.75) is 17.7 Å². The summed E-state index contributed by atoms with van der Waals surface area (Å²) in [5.41, 5.74) is 5.55. The highest BCUT2D eigenvalue weighted by Crippen LogP contribution is 2.34. The predicted molar refractivity (Wildman–Crippen MR) is 78.0 cm³/mol. The van der Waals surface area contributed by atoms with Crippen molar-refractivity contribution in [2.75, 3.05) is 32.8 Å². The van der Waals surface area contributed by atoms with E-state index in [2.05, 4.69) is 0 Å². The van der Waals surface area contributed by atoms with Gasteiger partial charge in [0.1, 0.15) is 13.2 Å². The Morgan fingerprint density at radius 2 is 2.00 bits per heavy atom. The first-order valence-electron chi connectivity index (χ1n) is 7.21. The van der Waals surface area contributed by atoms with Gasteiger partial charge < -0.3 is 15.2 Å². The van der Waals surface area contributed by atoms with E-state index in [1.807, 2.05) is 0 Å². The maximum absolute atomic E-state index is 12.7. The van der Waals surface area contributed by atoms with Crippen LogP contribution in [0.2, 0.25) is 0 Å². The summed E-state index contributed by atoms with van der Waals surface area (Å²) in [7, 11) is -3.47. The van der Waals surface area contributed by atoms with E-state index in [-0.39, 0.29) is 4.90 Å². The Morgan fingerprint density at radius 1 is 1.24 bits per heavy atom. The third-order valence-corrected chi connectivity index (χ3v) is 5.84. The van der Waals surface area contributed by atoms with E-state index in [9.17, 15) is 8.42 Å². The molecule has 0 amide bonds. The zero-order valence-electron chi connectivity index (χ0n) is 11.8. The van der Waals surface area contributed by atoms with E-state index >= 15 is 0 Å². The van der Waals surface area contributed by atoms with E-state index in [1.165, 1.54) is 0 Å². The van der Waals surface area contributed by atoms with E-state index in [0.29, 0.717) is 50.3 Å². The Kier molecular flexibility index (Phi) is 4.05. The van der Waals surface area contributed by atoms with Gasteiger partial charge >= 0.3 is 0 Å². The van der Waals surface area contributed by atoms with Gasteiger partial charge in [0.2, 0.25) is 10.0 Å². The molecule has 2 N–H and O–H groups in total. The van der Waals surface area contributed by atoms with E-state index in [0.717, 1.165) is 12.8 Å². The van der Waals surface area contributed by atoms with E-state index < -0.39 is 10.0 Å². The van der Waals surface area contributed by atoms with Gasteiger partial charge in [-0.25, -0.2) is 8.42 Å². The molecule has 0 aromatic heterocycles. The summed E-state index contributed by atoms with van der Waals surface area (Å²) in [6.07, 6.45) is 1.74. The number of nitrogens with two attached hydrogens (primary N) is 1. The molecule has 2 heterocycles. The van der Waals surface area contributed by atoms with Gasteiger partial charge in [0.25, 0.3) is 0 Å². The number of rotatable bonds is 4. The Labute approximate surface area is 124 Å². The van der Waals surface area contributed by atoms with Crippen LogP contribution in [0.5, 0.6) is 11.5 Å². The summed E-state index contributed by atoms with van der Waals surface area (Å²) in [5.74, 6) is 1.46. The number of sulfonamides is 1. The molecular formula is C14H20N2O4S. The molecule has 0 aliphatic carbocycles. The van der Waals surface area contributed by atoms with Gasteiger partial charge in [-0.3, -0.25) is 0 Å². The first-order valence-corrected chi connectivity index (χ1v) is 8.65. The van der Waals surface area contributed by atoms with Crippen LogP contribution < -0.4 is 15.2 Å². The molecule has 6 nitrogen and oxygen atoms in total. The summed E-state index contributed by atoms with van der Waals surface area (Å²) in [6, 6.07) is 4.80. The first-order chi connectivity index (χ1) is 10.1. The fraction of sp³-hybridized carbons (Fsp3) is 0.571. The molecule has 0 radical (unpaired) electrons. The number of fused-ring (bicyclic) bond motifs is 1. The zero-order valence-corrected chi connectivity index (χ0v) is 12.6. The van der Waals surface area contributed by atoms with E-state index in [4.69, 9.17) is 15.2 Å². The second kappa shape index (κ2) is 5.82. The number of hydrogen-bond acceptors (Lipinski definition) is 5. The van der Waals surface area contributed by atoms with Crippen molar-refractivity contribution >= 4 is 10.0 Å². The fourth-order valence-corrected chi connectivity index (χ4v) is 4.37. The van der Waals surface area contributed by atoms with Gasteiger partial charge in [0.05, 0.1) is 4.90 Å².